The minimum Gasteiger partial charge on any atom is -0.469 e. The first-order chi connectivity index (χ1) is 7.77. The number of ether oxygens (including phenoxy) is 1. The van der Waals surface area contributed by atoms with Crippen LogP contribution in [0.3, 0.4) is 0 Å². The van der Waals surface area contributed by atoms with E-state index in [4.69, 9.17) is 0 Å². The number of halogens is 1. The molecule has 0 spiro atoms. The largest absolute Gasteiger partial charge is 0.469 e. The van der Waals surface area contributed by atoms with E-state index in [0.717, 1.165) is 22.9 Å². The number of hydrogen-bond donors (Lipinski definition) is 0. The number of esters is 1. The Hall–Kier alpha value is -1.27. The Morgan fingerprint density at radius 1 is 1.44 bits per heavy atom. The molecular weight excluding hydrogens is 268 g/mol. The van der Waals surface area contributed by atoms with E-state index in [1.165, 1.54) is 7.11 Å². The summed E-state index contributed by atoms with van der Waals surface area (Å²) in [6, 6.07) is 7.63. The molecule has 3 heteroatoms. The average molecular weight is 281 g/mol. The van der Waals surface area contributed by atoms with Crippen LogP contribution in [0.5, 0.6) is 0 Å². The van der Waals surface area contributed by atoms with Gasteiger partial charge in [-0.25, -0.2) is 0 Å². The Morgan fingerprint density at radius 2 is 2.19 bits per heavy atom. The molecule has 1 aromatic rings. The number of carbonyl (C=O) groups excluding carboxylic acids is 1. The smallest absolute Gasteiger partial charge is 0.310 e. The molecule has 1 rings (SSSR count). The second-order valence-electron chi connectivity index (χ2n) is 3.15. The van der Waals surface area contributed by atoms with Crippen LogP contribution in [-0.2, 0) is 16.0 Å². The second kappa shape index (κ2) is 7.08. The molecule has 0 saturated heterocycles. The van der Waals surface area contributed by atoms with E-state index < -0.39 is 0 Å². The zero-order valence-electron chi connectivity index (χ0n) is 9.13. The Labute approximate surface area is 104 Å². The topological polar surface area (TPSA) is 26.3 Å². The standard InChI is InChI=1S/C13H13BrO2/c1-16-13(15)10-12-8-3-2-6-11(12)7-4-5-9-14/h2-3,6,8H,5,9-10H2,1H3. The van der Waals surface area contributed by atoms with Crippen molar-refractivity contribution in [3.05, 3.63) is 35.4 Å². The van der Waals surface area contributed by atoms with E-state index in [2.05, 4.69) is 32.5 Å². The molecule has 16 heavy (non-hydrogen) atoms. The van der Waals surface area contributed by atoms with Crippen LogP contribution < -0.4 is 0 Å². The van der Waals surface area contributed by atoms with Gasteiger partial charge in [-0.1, -0.05) is 46.0 Å². The van der Waals surface area contributed by atoms with E-state index >= 15 is 0 Å². The van der Waals surface area contributed by atoms with Crippen molar-refractivity contribution < 1.29 is 9.53 Å². The van der Waals surface area contributed by atoms with Crippen molar-refractivity contribution >= 4 is 21.9 Å². The van der Waals surface area contributed by atoms with Gasteiger partial charge in [0.1, 0.15) is 0 Å². The molecule has 0 unspecified atom stereocenters. The van der Waals surface area contributed by atoms with Gasteiger partial charge in [0, 0.05) is 17.3 Å². The highest BCUT2D eigenvalue weighted by molar-refractivity contribution is 9.09. The molecule has 0 fully saturated rings. The fourth-order valence-corrected chi connectivity index (χ4v) is 1.43. The van der Waals surface area contributed by atoms with Crippen molar-refractivity contribution in [2.75, 3.05) is 12.4 Å². The number of alkyl halides is 1. The molecule has 0 bridgehead atoms. The van der Waals surface area contributed by atoms with Crippen molar-refractivity contribution in [2.24, 2.45) is 0 Å². The lowest BCUT2D eigenvalue weighted by molar-refractivity contribution is -0.139. The molecule has 84 valence electrons. The Kier molecular flexibility index (Phi) is 5.66. The maximum atomic E-state index is 11.2. The van der Waals surface area contributed by atoms with Crippen LogP contribution >= 0.6 is 15.9 Å². The van der Waals surface area contributed by atoms with Gasteiger partial charge in [0.2, 0.25) is 0 Å². The van der Waals surface area contributed by atoms with Gasteiger partial charge in [-0.15, -0.1) is 0 Å². The summed E-state index contributed by atoms with van der Waals surface area (Å²) in [5.41, 5.74) is 1.81. The molecule has 0 heterocycles. The first-order valence-corrected chi connectivity index (χ1v) is 6.09. The van der Waals surface area contributed by atoms with Crippen molar-refractivity contribution in [1.82, 2.24) is 0 Å². The Bertz CT molecular complexity index is 415. The van der Waals surface area contributed by atoms with Crippen LogP contribution in [0.25, 0.3) is 0 Å². The highest BCUT2D eigenvalue weighted by Gasteiger charge is 2.05. The van der Waals surface area contributed by atoms with E-state index in [-0.39, 0.29) is 12.4 Å². The molecule has 0 atom stereocenters. The molecule has 0 aliphatic heterocycles. The minimum absolute atomic E-state index is 0.241. The molecular formula is C13H13BrO2. The highest BCUT2D eigenvalue weighted by Crippen LogP contribution is 2.08. The third-order valence-electron chi connectivity index (χ3n) is 2.02. The summed E-state index contributed by atoms with van der Waals surface area (Å²) >= 11 is 3.32. The number of carbonyl (C=O) groups is 1. The predicted octanol–water partition coefficient (Wildman–Crippen LogP) is 2.54. The quantitative estimate of drug-likeness (QED) is 0.483. The van der Waals surface area contributed by atoms with Crippen LogP contribution in [0.2, 0.25) is 0 Å². The molecule has 0 saturated carbocycles. The summed E-state index contributed by atoms with van der Waals surface area (Å²) in [4.78, 5) is 11.2. The maximum Gasteiger partial charge on any atom is 0.310 e. The molecule has 0 N–H and O–H groups in total. The van der Waals surface area contributed by atoms with Gasteiger partial charge in [-0.05, 0) is 11.6 Å². The summed E-state index contributed by atoms with van der Waals surface area (Å²) in [5, 5.41) is 0.860. The minimum atomic E-state index is -0.241. The summed E-state index contributed by atoms with van der Waals surface area (Å²) in [7, 11) is 1.39. The monoisotopic (exact) mass is 280 g/mol. The molecule has 0 amide bonds. The summed E-state index contributed by atoms with van der Waals surface area (Å²) in [5.74, 6) is 5.85. The lowest BCUT2D eigenvalue weighted by Gasteiger charge is -2.02. The maximum absolute atomic E-state index is 11.2. The summed E-state index contributed by atoms with van der Waals surface area (Å²) < 4.78 is 4.64. The van der Waals surface area contributed by atoms with Crippen LogP contribution in [0.1, 0.15) is 17.5 Å². The fourth-order valence-electron chi connectivity index (χ4n) is 1.23. The van der Waals surface area contributed by atoms with Gasteiger partial charge < -0.3 is 4.74 Å². The average Bonchev–Trinajstić information content (AvgIpc) is 2.31. The first-order valence-electron chi connectivity index (χ1n) is 4.97. The van der Waals surface area contributed by atoms with Crippen LogP contribution in [-0.4, -0.2) is 18.4 Å². The van der Waals surface area contributed by atoms with Crippen molar-refractivity contribution in [3.63, 3.8) is 0 Å². The molecule has 0 aromatic heterocycles. The second-order valence-corrected chi connectivity index (χ2v) is 3.94. The summed E-state index contributed by atoms with van der Waals surface area (Å²) in [6.45, 7) is 0. The van der Waals surface area contributed by atoms with Gasteiger partial charge in [0.15, 0.2) is 0 Å². The molecule has 1 aromatic carbocycles. The third kappa shape index (κ3) is 4.08. The fraction of sp³-hybridized carbons (Fsp3) is 0.308. The van der Waals surface area contributed by atoms with Crippen LogP contribution in [0, 0.1) is 11.8 Å². The van der Waals surface area contributed by atoms with Gasteiger partial charge in [0.05, 0.1) is 13.5 Å². The first kappa shape index (κ1) is 12.8. The van der Waals surface area contributed by atoms with Crippen molar-refractivity contribution in [3.8, 4) is 11.8 Å². The Morgan fingerprint density at radius 3 is 2.88 bits per heavy atom. The number of benzene rings is 1. The number of hydrogen-bond acceptors (Lipinski definition) is 2. The highest BCUT2D eigenvalue weighted by atomic mass is 79.9. The third-order valence-corrected chi connectivity index (χ3v) is 2.42. The van der Waals surface area contributed by atoms with Crippen LogP contribution in [0.4, 0.5) is 0 Å². The molecule has 0 aliphatic carbocycles. The van der Waals surface area contributed by atoms with Gasteiger partial charge >= 0.3 is 5.97 Å². The molecule has 0 radical (unpaired) electrons. The number of methoxy groups -OCH3 is 1. The van der Waals surface area contributed by atoms with Gasteiger partial charge in [-0.2, -0.15) is 0 Å². The van der Waals surface area contributed by atoms with Crippen molar-refractivity contribution in [1.29, 1.82) is 0 Å². The molecule has 2 nitrogen and oxygen atoms in total. The lowest BCUT2D eigenvalue weighted by Crippen LogP contribution is -2.05. The van der Waals surface area contributed by atoms with E-state index in [1.54, 1.807) is 0 Å². The van der Waals surface area contributed by atoms with E-state index in [1.807, 2.05) is 24.3 Å². The zero-order valence-corrected chi connectivity index (χ0v) is 10.7. The normalized spacial score (nSPS) is 9.12. The van der Waals surface area contributed by atoms with E-state index in [0.29, 0.717) is 0 Å². The van der Waals surface area contributed by atoms with E-state index in [9.17, 15) is 4.79 Å². The summed E-state index contributed by atoms with van der Waals surface area (Å²) in [6.07, 6.45) is 1.07. The molecule has 0 aliphatic rings. The van der Waals surface area contributed by atoms with Crippen LogP contribution in [0.15, 0.2) is 24.3 Å². The number of rotatable bonds is 3. The van der Waals surface area contributed by atoms with Gasteiger partial charge in [0.25, 0.3) is 0 Å². The lowest BCUT2D eigenvalue weighted by atomic mass is 10.1. The van der Waals surface area contributed by atoms with Crippen molar-refractivity contribution in [2.45, 2.75) is 12.8 Å². The van der Waals surface area contributed by atoms with Gasteiger partial charge in [-0.3, -0.25) is 4.79 Å². The zero-order chi connectivity index (χ0) is 11.8. The SMILES string of the molecule is COC(=O)Cc1ccccc1C#CCCBr. The predicted molar refractivity (Wildman–Crippen MR) is 67.5 cm³/mol. The Balaban J connectivity index is 2.84.